The number of nitrogens with two attached hydrogens (primary N) is 1. The van der Waals surface area contributed by atoms with Crippen molar-refractivity contribution in [3.8, 4) is 11.8 Å². The molecule has 0 spiro atoms. The molecule has 0 saturated carbocycles. The van der Waals surface area contributed by atoms with Crippen molar-refractivity contribution in [3.63, 3.8) is 0 Å². The van der Waals surface area contributed by atoms with Crippen molar-refractivity contribution >= 4 is 28.0 Å². The predicted octanol–water partition coefficient (Wildman–Crippen LogP) is 2.95. The first kappa shape index (κ1) is 24.6. The van der Waals surface area contributed by atoms with Crippen molar-refractivity contribution in [2.24, 2.45) is 10.7 Å². The van der Waals surface area contributed by atoms with E-state index in [9.17, 15) is 22.7 Å². The molecule has 0 saturated heterocycles. The van der Waals surface area contributed by atoms with Gasteiger partial charge in [0.15, 0.2) is 5.69 Å². The average Bonchev–Trinajstić information content (AvgIpc) is 2.78. The fourth-order valence-corrected chi connectivity index (χ4v) is 4.96. The first-order valence-electron chi connectivity index (χ1n) is 9.64. The minimum Gasteiger partial charge on any atom is -0.480 e. The molecule has 1 aliphatic heterocycles. The van der Waals surface area contributed by atoms with Gasteiger partial charge < -0.3 is 20.5 Å². The monoisotopic (exact) mass is 485 g/mol. The molecule has 2 aromatic rings. The van der Waals surface area contributed by atoms with Crippen molar-refractivity contribution in [1.82, 2.24) is 9.97 Å². The lowest BCUT2D eigenvalue weighted by molar-refractivity contribution is 0.101. The van der Waals surface area contributed by atoms with Gasteiger partial charge in [-0.1, -0.05) is 0 Å². The fourth-order valence-electron chi connectivity index (χ4n) is 3.26. The number of halogens is 2. The van der Waals surface area contributed by atoms with E-state index < -0.39 is 45.0 Å². The number of nitrogens with one attached hydrogen (secondary N) is 1. The number of methoxy groups -OCH3 is 2. The number of anilines is 1. The lowest BCUT2D eigenvalue weighted by atomic mass is 9.92. The molecule has 10 nitrogen and oxygen atoms in total. The summed E-state index contributed by atoms with van der Waals surface area (Å²) >= 11 is 0. The fraction of sp³-hybridized carbons (Fsp3) is 0.400. The molecule has 1 aromatic carbocycles. The minimum absolute atomic E-state index is 0.0824. The van der Waals surface area contributed by atoms with E-state index in [1.54, 1.807) is 0 Å². The molecule has 0 unspecified atom stereocenters. The maximum absolute atomic E-state index is 14.8. The van der Waals surface area contributed by atoms with Crippen molar-refractivity contribution < 1.29 is 32.2 Å². The number of aromatic nitrogens is 2. The number of nitrogens with zero attached hydrogens (tertiary/aromatic N) is 3. The number of amidine groups is 1. The third kappa shape index (κ3) is 4.30. The van der Waals surface area contributed by atoms with E-state index in [4.69, 9.17) is 15.2 Å². The average molecular weight is 486 g/mol. The summed E-state index contributed by atoms with van der Waals surface area (Å²) in [6, 6.07) is 3.43. The number of rotatable bonds is 6. The second-order valence-electron chi connectivity index (χ2n) is 7.90. The van der Waals surface area contributed by atoms with Gasteiger partial charge in [-0.15, -0.1) is 0 Å². The van der Waals surface area contributed by atoms with Gasteiger partial charge in [-0.2, -0.15) is 15.6 Å². The number of carbonyl (C=O) groups is 1. The van der Waals surface area contributed by atoms with E-state index in [-0.39, 0.29) is 34.5 Å². The summed E-state index contributed by atoms with van der Waals surface area (Å²) in [5, 5.41) is 2.52. The van der Waals surface area contributed by atoms with Crippen LogP contribution in [-0.4, -0.2) is 62.2 Å². The Morgan fingerprint density at radius 3 is 2.58 bits per heavy atom. The normalized spacial score (nSPS) is 22.1. The van der Waals surface area contributed by atoms with Crippen LogP contribution < -0.4 is 20.5 Å². The molecule has 0 radical (unpaired) electrons. The van der Waals surface area contributed by atoms with Gasteiger partial charge in [0.1, 0.15) is 28.6 Å². The molecule has 13 heteroatoms. The van der Waals surface area contributed by atoms with Crippen LogP contribution in [0.2, 0.25) is 0 Å². The van der Waals surface area contributed by atoms with Crippen LogP contribution in [0.25, 0.3) is 0 Å². The summed E-state index contributed by atoms with van der Waals surface area (Å²) < 4.78 is 59.1. The summed E-state index contributed by atoms with van der Waals surface area (Å²) in [6.07, 6.45) is 1.22. The smallest absolute Gasteiger partial charge is 0.279 e. The Kier molecular flexibility index (Phi) is 6.51. The van der Waals surface area contributed by atoms with Crippen LogP contribution in [0.1, 0.15) is 29.9 Å². The van der Waals surface area contributed by atoms with E-state index in [1.165, 1.54) is 46.4 Å². The zero-order valence-corrected chi connectivity index (χ0v) is 19.2. The number of hydrogen-bond donors (Lipinski definition) is 4. The summed E-state index contributed by atoms with van der Waals surface area (Å²) in [7, 11) is -0.812. The summed E-state index contributed by atoms with van der Waals surface area (Å²) in [5.74, 6) is -2.33. The van der Waals surface area contributed by atoms with Gasteiger partial charge in [0.2, 0.25) is 11.8 Å². The van der Waals surface area contributed by atoms with E-state index in [0.717, 1.165) is 6.07 Å². The third-order valence-corrected chi connectivity index (χ3v) is 8.22. The quantitative estimate of drug-likeness (QED) is 0.487. The largest absolute Gasteiger partial charge is 0.480 e. The number of hydrogen-bond acceptors (Lipinski definition) is 9. The highest BCUT2D eigenvalue weighted by molar-refractivity contribution is 8.26. The molecule has 1 aromatic heterocycles. The van der Waals surface area contributed by atoms with Crippen LogP contribution >= 0.6 is 10.6 Å². The number of carbonyl (C=O) groups excluding carboxylic acids is 1. The first-order chi connectivity index (χ1) is 15.4. The van der Waals surface area contributed by atoms with Crippen LogP contribution in [-0.2, 0) is 5.54 Å². The van der Waals surface area contributed by atoms with Crippen LogP contribution in [0.5, 0.6) is 11.8 Å². The Balaban J connectivity index is 2.01. The molecule has 33 heavy (non-hydrogen) atoms. The summed E-state index contributed by atoms with van der Waals surface area (Å²) in [5.41, 5.74) is 3.59. The van der Waals surface area contributed by atoms with E-state index in [0.29, 0.717) is 0 Å². The second kappa shape index (κ2) is 8.72. The molecular weight excluding hydrogens is 460 g/mol. The Morgan fingerprint density at radius 2 is 2.00 bits per heavy atom. The Bertz CT molecular complexity index is 1110. The molecule has 180 valence electrons. The Labute approximate surface area is 190 Å². The molecule has 2 heterocycles. The number of benzene rings is 1. The zero-order chi connectivity index (χ0) is 24.6. The van der Waals surface area contributed by atoms with Gasteiger partial charge in [-0.3, -0.25) is 18.9 Å². The predicted molar refractivity (Wildman–Crippen MR) is 121 cm³/mol. The topological polar surface area (TPSA) is 152 Å². The molecule has 3 rings (SSSR count). The molecule has 5 N–H and O–H groups in total. The lowest BCUT2D eigenvalue weighted by Crippen LogP contribution is -2.53. The summed E-state index contributed by atoms with van der Waals surface area (Å²) in [4.78, 5) is 24.8. The number of ether oxygens (including phenoxy) is 2. The summed E-state index contributed by atoms with van der Waals surface area (Å²) in [6.45, 7) is 1.70. The van der Waals surface area contributed by atoms with Gasteiger partial charge in [-0.25, -0.2) is 13.8 Å². The van der Waals surface area contributed by atoms with Gasteiger partial charge in [-0.05, 0) is 32.0 Å². The Morgan fingerprint density at radius 1 is 1.30 bits per heavy atom. The van der Waals surface area contributed by atoms with Crippen LogP contribution in [0, 0.1) is 5.82 Å². The standard InChI is InChI=1S/C20H25F2N5O5S/c1-19(2)18(23)27-20(9-21,10-33(19,29)30)12-7-11(5-6-13(12)22)25-16(28)15-17(32-4)26-14(31-3)8-24-15/h5-8,29-30H,9-10H2,1-4H3,(H2,23,27)(H,25,28)/t20-/m0/s1. The van der Waals surface area contributed by atoms with Gasteiger partial charge in [0, 0.05) is 11.3 Å². The van der Waals surface area contributed by atoms with Crippen molar-refractivity contribution in [2.45, 2.75) is 24.1 Å². The van der Waals surface area contributed by atoms with Crippen molar-refractivity contribution in [1.29, 1.82) is 0 Å². The maximum atomic E-state index is 14.8. The highest BCUT2D eigenvalue weighted by Crippen LogP contribution is 2.59. The molecular formula is C20H25F2N5O5S. The molecule has 1 aliphatic rings. The minimum atomic E-state index is -3.49. The molecule has 0 fully saturated rings. The molecule has 0 bridgehead atoms. The van der Waals surface area contributed by atoms with E-state index in [2.05, 4.69) is 20.3 Å². The third-order valence-electron chi connectivity index (χ3n) is 5.49. The lowest BCUT2D eigenvalue weighted by Gasteiger charge is -2.53. The molecule has 1 amide bonds. The second-order valence-corrected chi connectivity index (χ2v) is 10.5. The number of aliphatic imine (C=N–C) groups is 1. The van der Waals surface area contributed by atoms with Crippen molar-refractivity contribution in [3.05, 3.63) is 41.5 Å². The highest BCUT2D eigenvalue weighted by Gasteiger charge is 2.51. The van der Waals surface area contributed by atoms with E-state index >= 15 is 0 Å². The Hall–Kier alpha value is -3.03. The first-order valence-corrected chi connectivity index (χ1v) is 11.4. The zero-order valence-electron chi connectivity index (χ0n) is 18.4. The van der Waals surface area contributed by atoms with Gasteiger partial charge in [0.25, 0.3) is 5.91 Å². The van der Waals surface area contributed by atoms with Crippen LogP contribution in [0.15, 0.2) is 29.4 Å². The van der Waals surface area contributed by atoms with Gasteiger partial charge >= 0.3 is 0 Å². The highest BCUT2D eigenvalue weighted by atomic mass is 32.3. The van der Waals surface area contributed by atoms with Crippen LogP contribution in [0.4, 0.5) is 14.5 Å². The molecule has 1 atom stereocenters. The SMILES string of the molecule is COc1cnc(C(=O)Nc2ccc(F)c([C@]3(CF)CS(O)(O)C(C)(C)C(N)=N3)c2)c(OC)n1. The van der Waals surface area contributed by atoms with Gasteiger partial charge in [0.05, 0.1) is 26.2 Å². The molecule has 0 aliphatic carbocycles. The van der Waals surface area contributed by atoms with Crippen LogP contribution in [0.3, 0.4) is 0 Å². The number of alkyl halides is 1. The number of amides is 1. The maximum Gasteiger partial charge on any atom is 0.279 e. The van der Waals surface area contributed by atoms with Crippen molar-refractivity contribution in [2.75, 3.05) is 32.0 Å². The van der Waals surface area contributed by atoms with E-state index in [1.807, 2.05) is 0 Å².